The summed E-state index contributed by atoms with van der Waals surface area (Å²) < 4.78 is 11.4. The molecule has 0 aliphatic carbocycles. The minimum absolute atomic E-state index is 0.754. The zero-order valence-corrected chi connectivity index (χ0v) is 15.3. The first-order chi connectivity index (χ1) is 13.2. The Bertz CT molecular complexity index is 1130. The van der Waals surface area contributed by atoms with E-state index < -0.39 is 0 Å². The zero-order chi connectivity index (χ0) is 18.6. The largest absolute Gasteiger partial charge is 0.497 e. The highest BCUT2D eigenvalue weighted by Gasteiger charge is 2.07. The number of benzene rings is 3. The van der Waals surface area contributed by atoms with E-state index in [-0.39, 0.29) is 0 Å². The fraction of sp³-hybridized carbons (Fsp3) is 0.0870. The van der Waals surface area contributed by atoms with Crippen molar-refractivity contribution in [3.05, 3.63) is 89.8 Å². The minimum Gasteiger partial charge on any atom is -0.497 e. The van der Waals surface area contributed by atoms with Gasteiger partial charge in [0.2, 0.25) is 0 Å². The molecule has 4 heteroatoms. The van der Waals surface area contributed by atoms with Crippen molar-refractivity contribution in [3.63, 3.8) is 0 Å². The molecule has 27 heavy (non-hydrogen) atoms. The fourth-order valence-electron chi connectivity index (χ4n) is 2.90. The first-order valence-corrected chi connectivity index (χ1v) is 8.77. The number of aryl methyl sites for hydroxylation is 1. The molecule has 0 aliphatic rings. The van der Waals surface area contributed by atoms with Crippen molar-refractivity contribution >= 4 is 16.7 Å². The second-order valence-electron chi connectivity index (χ2n) is 6.31. The van der Waals surface area contributed by atoms with Gasteiger partial charge in [-0.05, 0) is 61.0 Å². The predicted octanol–water partition coefficient (Wildman–Crippen LogP) is 5.34. The first-order valence-electron chi connectivity index (χ1n) is 8.77. The van der Waals surface area contributed by atoms with Gasteiger partial charge in [-0.25, -0.2) is 0 Å². The van der Waals surface area contributed by atoms with Crippen molar-refractivity contribution in [2.45, 2.75) is 6.92 Å². The Hall–Kier alpha value is -3.53. The molecular weight excluding hydrogens is 336 g/mol. The summed E-state index contributed by atoms with van der Waals surface area (Å²) in [7, 11) is 1.66. The Morgan fingerprint density at radius 1 is 0.889 bits per heavy atom. The lowest BCUT2D eigenvalue weighted by molar-refractivity contribution is 0.415. The number of nitrogens with one attached hydrogen (secondary N) is 1. The number of ether oxygens (including phenoxy) is 1. The second-order valence-corrected chi connectivity index (χ2v) is 6.31. The molecular formula is C23H20N2O2. The molecule has 4 nitrogen and oxygen atoms in total. The Balaban J connectivity index is 1.85. The summed E-state index contributed by atoms with van der Waals surface area (Å²) in [4.78, 5) is 0. The summed E-state index contributed by atoms with van der Waals surface area (Å²) in [5.41, 5.74) is 6.97. The monoisotopic (exact) mass is 356 g/mol. The molecule has 4 rings (SSSR count). The van der Waals surface area contributed by atoms with Crippen LogP contribution in [0.25, 0.3) is 22.3 Å². The van der Waals surface area contributed by atoms with E-state index in [1.165, 1.54) is 0 Å². The molecule has 0 aliphatic heterocycles. The number of anilines is 1. The molecule has 0 bridgehead atoms. The van der Waals surface area contributed by atoms with E-state index in [1.807, 2.05) is 79.7 Å². The number of rotatable bonds is 4. The summed E-state index contributed by atoms with van der Waals surface area (Å²) >= 11 is 0. The average molecular weight is 356 g/mol. The third-order valence-corrected chi connectivity index (χ3v) is 4.35. The molecule has 1 aromatic heterocycles. The van der Waals surface area contributed by atoms with Crippen molar-refractivity contribution in [1.82, 2.24) is 0 Å². The fourth-order valence-corrected chi connectivity index (χ4v) is 2.90. The van der Waals surface area contributed by atoms with Gasteiger partial charge in [-0.15, -0.1) is 0 Å². The van der Waals surface area contributed by atoms with Gasteiger partial charge in [-0.1, -0.05) is 24.3 Å². The maximum Gasteiger partial charge on any atom is 0.137 e. The molecule has 0 spiro atoms. The molecule has 1 heterocycles. The number of nitrogens with zero attached hydrogens (tertiary/aromatic N) is 1. The van der Waals surface area contributed by atoms with Gasteiger partial charge < -0.3 is 9.15 Å². The highest BCUT2D eigenvalue weighted by atomic mass is 16.5. The SMILES string of the molecule is COc1ccc(-c2c/c(=N\Nc3ccccc3)c3ccc(C)cc3o2)cc1. The molecule has 1 N–H and O–H groups in total. The zero-order valence-electron chi connectivity index (χ0n) is 15.3. The van der Waals surface area contributed by atoms with Crippen LogP contribution in [0.15, 0.2) is 88.4 Å². The van der Waals surface area contributed by atoms with Crippen LogP contribution in [-0.2, 0) is 0 Å². The van der Waals surface area contributed by atoms with Gasteiger partial charge >= 0.3 is 0 Å². The standard InChI is InChI=1S/C23H20N2O2/c1-16-8-13-20-21(25-24-18-6-4-3-5-7-18)15-22(27-23(20)14-16)17-9-11-19(26-2)12-10-17/h3-15,24H,1-2H3/b25-21+. The normalized spacial score (nSPS) is 11.6. The van der Waals surface area contributed by atoms with Crippen LogP contribution in [-0.4, -0.2) is 7.11 Å². The summed E-state index contributed by atoms with van der Waals surface area (Å²) in [5, 5.41) is 6.40. The molecule has 0 atom stereocenters. The Morgan fingerprint density at radius 2 is 1.67 bits per heavy atom. The van der Waals surface area contributed by atoms with E-state index in [2.05, 4.69) is 16.6 Å². The van der Waals surface area contributed by atoms with E-state index in [0.717, 1.165) is 44.7 Å². The summed E-state index contributed by atoms with van der Waals surface area (Å²) in [6.45, 7) is 2.05. The van der Waals surface area contributed by atoms with Crippen LogP contribution in [0.5, 0.6) is 5.75 Å². The van der Waals surface area contributed by atoms with E-state index in [4.69, 9.17) is 9.15 Å². The van der Waals surface area contributed by atoms with Gasteiger partial charge in [0.25, 0.3) is 0 Å². The summed E-state index contributed by atoms with van der Waals surface area (Å²) in [6.07, 6.45) is 0. The first kappa shape index (κ1) is 16.9. The third kappa shape index (κ3) is 3.70. The molecule has 0 radical (unpaired) electrons. The van der Waals surface area contributed by atoms with Gasteiger partial charge in [0.05, 0.1) is 18.2 Å². The number of methoxy groups -OCH3 is 1. The molecule has 3 aromatic carbocycles. The summed E-state index contributed by atoms with van der Waals surface area (Å²) in [5.74, 6) is 1.57. The van der Waals surface area contributed by atoms with Crippen LogP contribution >= 0.6 is 0 Å². The van der Waals surface area contributed by atoms with Crippen molar-refractivity contribution in [1.29, 1.82) is 0 Å². The van der Waals surface area contributed by atoms with E-state index in [9.17, 15) is 0 Å². The van der Waals surface area contributed by atoms with Gasteiger partial charge in [0.15, 0.2) is 0 Å². The van der Waals surface area contributed by atoms with E-state index >= 15 is 0 Å². The maximum atomic E-state index is 6.17. The topological polar surface area (TPSA) is 46.8 Å². The smallest absolute Gasteiger partial charge is 0.137 e. The average Bonchev–Trinajstić information content (AvgIpc) is 2.72. The summed E-state index contributed by atoms with van der Waals surface area (Å²) in [6, 6.07) is 25.8. The molecule has 0 unspecified atom stereocenters. The molecule has 134 valence electrons. The lowest BCUT2D eigenvalue weighted by atomic mass is 10.1. The van der Waals surface area contributed by atoms with Crippen LogP contribution < -0.4 is 15.5 Å². The maximum absolute atomic E-state index is 6.17. The highest BCUT2D eigenvalue weighted by molar-refractivity contribution is 5.79. The van der Waals surface area contributed by atoms with Crippen molar-refractivity contribution < 1.29 is 9.15 Å². The predicted molar refractivity (Wildman–Crippen MR) is 109 cm³/mol. The second kappa shape index (κ2) is 7.38. The van der Waals surface area contributed by atoms with Crippen LogP contribution in [0.3, 0.4) is 0 Å². The van der Waals surface area contributed by atoms with Crippen LogP contribution in [0.2, 0.25) is 0 Å². The Morgan fingerprint density at radius 3 is 2.41 bits per heavy atom. The quantitative estimate of drug-likeness (QED) is 0.502. The van der Waals surface area contributed by atoms with E-state index in [1.54, 1.807) is 7.11 Å². The van der Waals surface area contributed by atoms with Gasteiger partial charge in [0.1, 0.15) is 17.1 Å². The lowest BCUT2D eigenvalue weighted by Gasteiger charge is -2.07. The van der Waals surface area contributed by atoms with Crippen LogP contribution in [0, 0.1) is 6.92 Å². The number of hydrogen-bond donors (Lipinski definition) is 1. The molecule has 0 fully saturated rings. The Labute approximate surface area is 157 Å². The number of hydrogen-bond acceptors (Lipinski definition) is 4. The molecule has 0 saturated heterocycles. The third-order valence-electron chi connectivity index (χ3n) is 4.35. The lowest BCUT2D eigenvalue weighted by Crippen LogP contribution is -2.07. The van der Waals surface area contributed by atoms with E-state index in [0.29, 0.717) is 0 Å². The van der Waals surface area contributed by atoms with Crippen molar-refractivity contribution in [2.24, 2.45) is 5.10 Å². The van der Waals surface area contributed by atoms with Gasteiger partial charge in [0, 0.05) is 17.0 Å². The molecule has 0 amide bonds. The van der Waals surface area contributed by atoms with Gasteiger partial charge in [-0.2, -0.15) is 5.10 Å². The number of para-hydroxylation sites is 1. The Kier molecular flexibility index (Phi) is 4.62. The minimum atomic E-state index is 0.754. The van der Waals surface area contributed by atoms with Crippen molar-refractivity contribution in [3.8, 4) is 17.1 Å². The molecule has 0 saturated carbocycles. The highest BCUT2D eigenvalue weighted by Crippen LogP contribution is 2.25. The van der Waals surface area contributed by atoms with Crippen LogP contribution in [0.1, 0.15) is 5.56 Å². The number of fused-ring (bicyclic) bond motifs is 1. The molecule has 4 aromatic rings. The van der Waals surface area contributed by atoms with Crippen molar-refractivity contribution in [2.75, 3.05) is 12.5 Å². The van der Waals surface area contributed by atoms with Crippen LogP contribution in [0.4, 0.5) is 5.69 Å². The van der Waals surface area contributed by atoms with Gasteiger partial charge in [-0.3, -0.25) is 5.43 Å².